The summed E-state index contributed by atoms with van der Waals surface area (Å²) in [4.78, 5) is 0. The Morgan fingerprint density at radius 2 is 2.11 bits per heavy atom. The molecule has 1 unspecified atom stereocenters. The summed E-state index contributed by atoms with van der Waals surface area (Å²) >= 11 is 0. The molecule has 3 heteroatoms. The highest BCUT2D eigenvalue weighted by molar-refractivity contribution is 5.06. The Bertz CT molecular complexity index is 364. The van der Waals surface area contributed by atoms with Crippen LogP contribution in [0.15, 0.2) is 6.07 Å². The van der Waals surface area contributed by atoms with Crippen LogP contribution in [0.5, 0.6) is 0 Å². The molecule has 1 aliphatic rings. The molecule has 1 N–H and O–H groups in total. The Morgan fingerprint density at radius 1 is 1.39 bits per heavy atom. The van der Waals surface area contributed by atoms with Gasteiger partial charge >= 0.3 is 0 Å². The normalized spacial score (nSPS) is 18.4. The van der Waals surface area contributed by atoms with Crippen molar-refractivity contribution in [3.8, 4) is 0 Å². The van der Waals surface area contributed by atoms with E-state index in [-0.39, 0.29) is 0 Å². The first-order chi connectivity index (χ1) is 8.66. The Hall–Kier alpha value is -0.830. The van der Waals surface area contributed by atoms with Crippen molar-refractivity contribution in [3.63, 3.8) is 0 Å². The van der Waals surface area contributed by atoms with E-state index in [9.17, 15) is 0 Å². The van der Waals surface area contributed by atoms with Crippen LogP contribution >= 0.6 is 0 Å². The number of nitrogens with zero attached hydrogens (tertiary/aromatic N) is 2. The molecule has 1 heterocycles. The summed E-state index contributed by atoms with van der Waals surface area (Å²) in [6, 6.07) is 2.84. The predicted molar refractivity (Wildman–Crippen MR) is 75.7 cm³/mol. The lowest BCUT2D eigenvalue weighted by molar-refractivity contribution is 0.374. The molecule has 0 bridgehead atoms. The van der Waals surface area contributed by atoms with E-state index in [2.05, 4.69) is 41.9 Å². The molecule has 18 heavy (non-hydrogen) atoms. The summed E-state index contributed by atoms with van der Waals surface area (Å²) in [7, 11) is 0. The van der Waals surface area contributed by atoms with E-state index < -0.39 is 0 Å². The van der Waals surface area contributed by atoms with Gasteiger partial charge in [-0.1, -0.05) is 12.8 Å². The SMILES string of the molecule is Cc1cc(C)n(CCCNC(C)C2CCCC2)n1. The highest BCUT2D eigenvalue weighted by Crippen LogP contribution is 2.27. The van der Waals surface area contributed by atoms with Gasteiger partial charge in [-0.25, -0.2) is 0 Å². The molecular formula is C15H27N3. The van der Waals surface area contributed by atoms with Crippen molar-refractivity contribution >= 4 is 0 Å². The van der Waals surface area contributed by atoms with Crippen molar-refractivity contribution in [2.24, 2.45) is 5.92 Å². The van der Waals surface area contributed by atoms with Gasteiger partial charge in [-0.2, -0.15) is 5.10 Å². The van der Waals surface area contributed by atoms with Crippen LogP contribution in [0.1, 0.15) is 50.4 Å². The maximum absolute atomic E-state index is 4.49. The van der Waals surface area contributed by atoms with E-state index in [4.69, 9.17) is 0 Å². The molecule has 0 radical (unpaired) electrons. The molecule has 0 aliphatic heterocycles. The van der Waals surface area contributed by atoms with Crippen LogP contribution in [0, 0.1) is 19.8 Å². The fraction of sp³-hybridized carbons (Fsp3) is 0.800. The van der Waals surface area contributed by atoms with Gasteiger partial charge in [0.1, 0.15) is 0 Å². The second-order valence-corrected chi connectivity index (χ2v) is 5.79. The monoisotopic (exact) mass is 249 g/mol. The molecule has 0 amide bonds. The van der Waals surface area contributed by atoms with Crippen molar-refractivity contribution in [1.29, 1.82) is 0 Å². The average Bonchev–Trinajstić information content (AvgIpc) is 2.94. The van der Waals surface area contributed by atoms with Gasteiger partial charge in [0.05, 0.1) is 5.69 Å². The first kappa shape index (κ1) is 13.6. The van der Waals surface area contributed by atoms with Crippen molar-refractivity contribution < 1.29 is 0 Å². The molecule has 102 valence electrons. The Labute approximate surface area is 111 Å². The second kappa shape index (κ2) is 6.37. The van der Waals surface area contributed by atoms with Gasteiger partial charge in [0, 0.05) is 18.3 Å². The molecule has 0 aromatic carbocycles. The van der Waals surface area contributed by atoms with Crippen molar-refractivity contribution in [2.45, 2.75) is 65.5 Å². The molecule has 0 saturated heterocycles. The van der Waals surface area contributed by atoms with Gasteiger partial charge in [0.25, 0.3) is 0 Å². The summed E-state index contributed by atoms with van der Waals surface area (Å²) in [5.41, 5.74) is 2.40. The number of hydrogen-bond donors (Lipinski definition) is 1. The van der Waals surface area contributed by atoms with Crippen molar-refractivity contribution in [3.05, 3.63) is 17.5 Å². The van der Waals surface area contributed by atoms with Gasteiger partial charge < -0.3 is 5.32 Å². The maximum atomic E-state index is 4.49. The largest absolute Gasteiger partial charge is 0.314 e. The van der Waals surface area contributed by atoms with Crippen LogP contribution in [-0.4, -0.2) is 22.4 Å². The van der Waals surface area contributed by atoms with E-state index in [1.165, 1.54) is 37.8 Å². The molecule has 1 atom stereocenters. The third-order valence-electron chi connectivity index (χ3n) is 4.22. The number of rotatable bonds is 6. The number of aromatic nitrogens is 2. The highest BCUT2D eigenvalue weighted by atomic mass is 15.3. The Kier molecular flexibility index (Phi) is 4.81. The lowest BCUT2D eigenvalue weighted by Gasteiger charge is -2.20. The Morgan fingerprint density at radius 3 is 2.72 bits per heavy atom. The van der Waals surface area contributed by atoms with Crippen LogP contribution in [-0.2, 0) is 6.54 Å². The van der Waals surface area contributed by atoms with Crippen LogP contribution in [0.3, 0.4) is 0 Å². The van der Waals surface area contributed by atoms with E-state index in [1.54, 1.807) is 0 Å². The fourth-order valence-corrected chi connectivity index (χ4v) is 3.08. The van der Waals surface area contributed by atoms with Crippen LogP contribution < -0.4 is 5.32 Å². The lowest BCUT2D eigenvalue weighted by Crippen LogP contribution is -2.33. The maximum Gasteiger partial charge on any atom is 0.0596 e. The third-order valence-corrected chi connectivity index (χ3v) is 4.22. The molecule has 1 aliphatic carbocycles. The minimum Gasteiger partial charge on any atom is -0.314 e. The van der Waals surface area contributed by atoms with E-state index in [0.29, 0.717) is 6.04 Å². The molecule has 1 aromatic heterocycles. The standard InChI is InChI=1S/C15H27N3/c1-12-11-13(2)18(17-12)10-6-9-16-14(3)15-7-4-5-8-15/h11,14-16H,4-10H2,1-3H3. The van der Waals surface area contributed by atoms with Gasteiger partial charge in [-0.15, -0.1) is 0 Å². The lowest BCUT2D eigenvalue weighted by atomic mass is 10.00. The van der Waals surface area contributed by atoms with Crippen molar-refractivity contribution in [2.75, 3.05) is 6.54 Å². The van der Waals surface area contributed by atoms with Crippen molar-refractivity contribution in [1.82, 2.24) is 15.1 Å². The van der Waals surface area contributed by atoms with Gasteiger partial charge in [-0.3, -0.25) is 4.68 Å². The van der Waals surface area contributed by atoms with Gasteiger partial charge in [-0.05, 0) is 58.6 Å². The summed E-state index contributed by atoms with van der Waals surface area (Å²) in [5, 5.41) is 8.17. The van der Waals surface area contributed by atoms with Crippen LogP contribution in [0.4, 0.5) is 0 Å². The third kappa shape index (κ3) is 3.58. The number of nitrogens with one attached hydrogen (secondary N) is 1. The molecular weight excluding hydrogens is 222 g/mol. The van der Waals surface area contributed by atoms with Crippen LogP contribution in [0.2, 0.25) is 0 Å². The smallest absolute Gasteiger partial charge is 0.0596 e. The minimum atomic E-state index is 0.688. The number of hydrogen-bond acceptors (Lipinski definition) is 2. The average molecular weight is 249 g/mol. The summed E-state index contributed by atoms with van der Waals surface area (Å²) in [6.45, 7) is 8.68. The predicted octanol–water partition coefficient (Wildman–Crippen LogP) is 3.06. The highest BCUT2D eigenvalue weighted by Gasteiger charge is 2.20. The quantitative estimate of drug-likeness (QED) is 0.785. The zero-order valence-corrected chi connectivity index (χ0v) is 12.1. The van der Waals surface area contributed by atoms with E-state index in [0.717, 1.165) is 24.7 Å². The molecule has 1 fully saturated rings. The summed E-state index contributed by atoms with van der Waals surface area (Å²) in [5.74, 6) is 0.915. The molecule has 1 aromatic rings. The number of aryl methyl sites for hydroxylation is 3. The second-order valence-electron chi connectivity index (χ2n) is 5.79. The zero-order valence-electron chi connectivity index (χ0n) is 12.1. The summed E-state index contributed by atoms with van der Waals surface area (Å²) in [6.07, 6.45) is 6.88. The first-order valence-corrected chi connectivity index (χ1v) is 7.41. The van der Waals surface area contributed by atoms with Gasteiger partial charge in [0.2, 0.25) is 0 Å². The molecule has 2 rings (SSSR count). The topological polar surface area (TPSA) is 29.9 Å². The summed E-state index contributed by atoms with van der Waals surface area (Å²) < 4.78 is 2.12. The zero-order chi connectivity index (χ0) is 13.0. The molecule has 1 saturated carbocycles. The van der Waals surface area contributed by atoms with E-state index >= 15 is 0 Å². The minimum absolute atomic E-state index is 0.688. The van der Waals surface area contributed by atoms with Gasteiger partial charge in [0.15, 0.2) is 0 Å². The fourth-order valence-electron chi connectivity index (χ4n) is 3.08. The van der Waals surface area contributed by atoms with E-state index in [1.807, 2.05) is 0 Å². The van der Waals surface area contributed by atoms with Crippen LogP contribution in [0.25, 0.3) is 0 Å². The first-order valence-electron chi connectivity index (χ1n) is 7.41. The molecule has 3 nitrogen and oxygen atoms in total. The Balaban J connectivity index is 1.65. The molecule has 0 spiro atoms.